The molecule has 0 aliphatic rings. The Bertz CT molecular complexity index is 439. The normalized spacial score (nSPS) is 12.6. The second-order valence-electron chi connectivity index (χ2n) is 3.79. The lowest BCUT2D eigenvalue weighted by Gasteiger charge is -2.12. The maximum atomic E-state index is 9.34. The van der Waals surface area contributed by atoms with E-state index in [9.17, 15) is 5.11 Å². The van der Waals surface area contributed by atoms with Crippen LogP contribution < -0.4 is 5.32 Å². The highest BCUT2D eigenvalue weighted by Gasteiger charge is 2.05. The topological polar surface area (TPSA) is 32.3 Å². The van der Waals surface area contributed by atoms with E-state index in [1.807, 2.05) is 12.1 Å². The van der Waals surface area contributed by atoms with Crippen molar-refractivity contribution in [1.82, 2.24) is 5.32 Å². The highest BCUT2D eigenvalue weighted by Crippen LogP contribution is 2.19. The Balaban J connectivity index is 1.92. The number of phenolic OH excluding ortho intramolecular Hbond substituents is 1. The van der Waals surface area contributed by atoms with Gasteiger partial charge in [-0.1, -0.05) is 18.2 Å². The maximum absolute atomic E-state index is 9.34. The number of rotatable bonds is 4. The number of hydrogen-bond donors (Lipinski definition) is 2. The zero-order valence-electron chi connectivity index (χ0n) is 9.18. The summed E-state index contributed by atoms with van der Waals surface area (Å²) in [5, 5.41) is 14.8. The van der Waals surface area contributed by atoms with Crippen molar-refractivity contribution in [2.24, 2.45) is 0 Å². The van der Waals surface area contributed by atoms with Crippen molar-refractivity contribution >= 4 is 11.3 Å². The van der Waals surface area contributed by atoms with Gasteiger partial charge in [-0.05, 0) is 36.1 Å². The van der Waals surface area contributed by atoms with Crippen LogP contribution in [0.5, 0.6) is 5.75 Å². The minimum absolute atomic E-state index is 0.322. The predicted molar refractivity (Wildman–Crippen MR) is 67.7 cm³/mol. The Morgan fingerprint density at radius 3 is 2.88 bits per heavy atom. The lowest BCUT2D eigenvalue weighted by Crippen LogP contribution is -2.16. The molecule has 0 bridgehead atoms. The fourth-order valence-electron chi connectivity index (χ4n) is 1.58. The van der Waals surface area contributed by atoms with Gasteiger partial charge >= 0.3 is 0 Å². The summed E-state index contributed by atoms with van der Waals surface area (Å²) < 4.78 is 0. The van der Waals surface area contributed by atoms with E-state index in [1.165, 1.54) is 4.88 Å². The van der Waals surface area contributed by atoms with Crippen molar-refractivity contribution < 1.29 is 5.11 Å². The van der Waals surface area contributed by atoms with Crippen LogP contribution in [0, 0.1) is 0 Å². The molecular weight excluding hydrogens is 218 g/mol. The average Bonchev–Trinajstić information content (AvgIpc) is 2.79. The van der Waals surface area contributed by atoms with E-state index in [4.69, 9.17) is 0 Å². The van der Waals surface area contributed by atoms with E-state index in [2.05, 4.69) is 29.8 Å². The molecule has 16 heavy (non-hydrogen) atoms. The maximum Gasteiger partial charge on any atom is 0.115 e. The van der Waals surface area contributed by atoms with Gasteiger partial charge in [-0.15, -0.1) is 11.3 Å². The molecule has 2 aromatic rings. The molecule has 0 amide bonds. The van der Waals surface area contributed by atoms with E-state index < -0.39 is 0 Å². The molecule has 2 rings (SSSR count). The number of thiophene rings is 1. The van der Waals surface area contributed by atoms with Gasteiger partial charge in [0.05, 0.1) is 0 Å². The van der Waals surface area contributed by atoms with Gasteiger partial charge < -0.3 is 10.4 Å². The number of nitrogens with one attached hydrogen (secondary N) is 1. The molecule has 0 spiro atoms. The summed E-state index contributed by atoms with van der Waals surface area (Å²) in [6.07, 6.45) is 0. The Morgan fingerprint density at radius 2 is 2.19 bits per heavy atom. The van der Waals surface area contributed by atoms with E-state index in [1.54, 1.807) is 23.5 Å². The summed E-state index contributed by atoms with van der Waals surface area (Å²) in [5.74, 6) is 0.322. The Morgan fingerprint density at radius 1 is 1.31 bits per heavy atom. The average molecular weight is 233 g/mol. The Labute approximate surface area is 99.6 Å². The van der Waals surface area contributed by atoms with Gasteiger partial charge in [0.15, 0.2) is 0 Å². The molecule has 0 aliphatic carbocycles. The van der Waals surface area contributed by atoms with Crippen LogP contribution in [0.3, 0.4) is 0 Å². The first-order chi connectivity index (χ1) is 7.75. The van der Waals surface area contributed by atoms with Crippen LogP contribution in [0.2, 0.25) is 0 Å². The van der Waals surface area contributed by atoms with Gasteiger partial charge in [-0.25, -0.2) is 0 Å². The largest absolute Gasteiger partial charge is 0.508 e. The highest BCUT2D eigenvalue weighted by molar-refractivity contribution is 7.10. The minimum atomic E-state index is 0.322. The smallest absolute Gasteiger partial charge is 0.115 e. The summed E-state index contributed by atoms with van der Waals surface area (Å²) in [6, 6.07) is 11.9. The molecule has 84 valence electrons. The third-order valence-corrected chi connectivity index (χ3v) is 3.55. The summed E-state index contributed by atoms with van der Waals surface area (Å²) >= 11 is 1.76. The first-order valence-corrected chi connectivity index (χ1v) is 6.18. The molecule has 1 heterocycles. The van der Waals surface area contributed by atoms with E-state index in [0.29, 0.717) is 11.8 Å². The van der Waals surface area contributed by atoms with Crippen molar-refractivity contribution in [3.05, 3.63) is 52.2 Å². The van der Waals surface area contributed by atoms with Crippen LogP contribution in [0.1, 0.15) is 23.4 Å². The lowest BCUT2D eigenvalue weighted by atomic mass is 10.2. The first-order valence-electron chi connectivity index (χ1n) is 5.30. The molecule has 2 N–H and O–H groups in total. The van der Waals surface area contributed by atoms with Crippen molar-refractivity contribution in [1.29, 1.82) is 0 Å². The Kier molecular flexibility index (Phi) is 3.59. The first kappa shape index (κ1) is 11.2. The third-order valence-electron chi connectivity index (χ3n) is 2.49. The van der Waals surface area contributed by atoms with Crippen LogP contribution in [0.25, 0.3) is 0 Å². The molecule has 1 aromatic heterocycles. The number of benzene rings is 1. The number of aromatic hydroxyl groups is 1. The number of phenols is 1. The fourth-order valence-corrected chi connectivity index (χ4v) is 2.33. The van der Waals surface area contributed by atoms with Crippen LogP contribution >= 0.6 is 11.3 Å². The fraction of sp³-hybridized carbons (Fsp3) is 0.231. The Hall–Kier alpha value is -1.32. The van der Waals surface area contributed by atoms with E-state index >= 15 is 0 Å². The van der Waals surface area contributed by atoms with Gasteiger partial charge in [0, 0.05) is 17.5 Å². The molecule has 0 saturated heterocycles. The van der Waals surface area contributed by atoms with E-state index in [-0.39, 0.29) is 0 Å². The molecule has 1 atom stereocenters. The molecule has 3 heteroatoms. The van der Waals surface area contributed by atoms with Crippen LogP contribution in [0.4, 0.5) is 0 Å². The lowest BCUT2D eigenvalue weighted by molar-refractivity contribution is 0.473. The molecule has 0 aliphatic heterocycles. The summed E-state index contributed by atoms with van der Waals surface area (Å²) in [7, 11) is 0. The standard InChI is InChI=1S/C13H15NOS/c1-10(13-6-3-7-16-13)14-9-11-4-2-5-12(15)8-11/h2-8,10,14-15H,9H2,1H3/t10-/m1/s1. The van der Waals surface area contributed by atoms with Crippen molar-refractivity contribution in [3.63, 3.8) is 0 Å². The second-order valence-corrected chi connectivity index (χ2v) is 4.77. The molecule has 0 fully saturated rings. The zero-order chi connectivity index (χ0) is 11.4. The summed E-state index contributed by atoms with van der Waals surface area (Å²) in [4.78, 5) is 1.33. The summed E-state index contributed by atoms with van der Waals surface area (Å²) in [5.41, 5.74) is 1.10. The zero-order valence-corrected chi connectivity index (χ0v) is 10.00. The second kappa shape index (κ2) is 5.14. The predicted octanol–water partition coefficient (Wildman–Crippen LogP) is 3.30. The van der Waals surface area contributed by atoms with Crippen molar-refractivity contribution in [2.45, 2.75) is 19.5 Å². The van der Waals surface area contributed by atoms with Gasteiger partial charge in [-0.3, -0.25) is 0 Å². The molecule has 2 nitrogen and oxygen atoms in total. The third kappa shape index (κ3) is 2.84. The summed E-state index contributed by atoms with van der Waals surface area (Å²) in [6.45, 7) is 2.92. The molecule has 0 saturated carbocycles. The monoisotopic (exact) mass is 233 g/mol. The van der Waals surface area contributed by atoms with Crippen molar-refractivity contribution in [2.75, 3.05) is 0 Å². The van der Waals surface area contributed by atoms with Gasteiger partial charge in [0.25, 0.3) is 0 Å². The SMILES string of the molecule is C[C@@H](NCc1cccc(O)c1)c1cccs1. The highest BCUT2D eigenvalue weighted by atomic mass is 32.1. The quantitative estimate of drug-likeness (QED) is 0.849. The minimum Gasteiger partial charge on any atom is -0.508 e. The van der Waals surface area contributed by atoms with Crippen LogP contribution in [0.15, 0.2) is 41.8 Å². The van der Waals surface area contributed by atoms with Crippen LogP contribution in [-0.4, -0.2) is 5.11 Å². The molecule has 0 radical (unpaired) electrons. The van der Waals surface area contributed by atoms with Gasteiger partial charge in [-0.2, -0.15) is 0 Å². The van der Waals surface area contributed by atoms with Gasteiger partial charge in [0.1, 0.15) is 5.75 Å². The van der Waals surface area contributed by atoms with Crippen LogP contribution in [-0.2, 0) is 6.54 Å². The molecule has 1 aromatic carbocycles. The van der Waals surface area contributed by atoms with Gasteiger partial charge in [0.2, 0.25) is 0 Å². The van der Waals surface area contributed by atoms with Crippen molar-refractivity contribution in [3.8, 4) is 5.75 Å². The molecular formula is C13H15NOS. The van der Waals surface area contributed by atoms with E-state index in [0.717, 1.165) is 12.1 Å². The number of hydrogen-bond acceptors (Lipinski definition) is 3. The molecule has 0 unspecified atom stereocenters.